The number of pyridine rings is 1. The number of fused-ring (bicyclic) bond motifs is 1. The van der Waals surface area contributed by atoms with Gasteiger partial charge in [0.2, 0.25) is 0 Å². The van der Waals surface area contributed by atoms with E-state index in [1.54, 1.807) is 0 Å². The molecule has 0 aliphatic carbocycles. The van der Waals surface area contributed by atoms with Crippen molar-refractivity contribution in [2.75, 3.05) is 0 Å². The molecule has 0 amide bonds. The predicted octanol–water partition coefficient (Wildman–Crippen LogP) is 4.00. The zero-order valence-electron chi connectivity index (χ0n) is 10.7. The van der Waals surface area contributed by atoms with Crippen molar-refractivity contribution in [2.24, 2.45) is 0 Å². The van der Waals surface area contributed by atoms with Crippen molar-refractivity contribution in [3.63, 3.8) is 0 Å². The fraction of sp³-hybridized carbons (Fsp3) is 0.462. The van der Waals surface area contributed by atoms with E-state index in [1.807, 2.05) is 46.0 Å². The highest BCUT2D eigenvalue weighted by Gasteiger charge is 1.98. The first kappa shape index (κ1) is 13.7. The van der Waals surface area contributed by atoms with Crippen molar-refractivity contribution in [3.05, 3.63) is 35.8 Å². The molecule has 15 heavy (non-hydrogen) atoms. The van der Waals surface area contributed by atoms with Gasteiger partial charge in [0.15, 0.2) is 0 Å². The normalized spacial score (nSPS) is 8.67. The average molecular weight is 206 g/mol. The molecule has 0 saturated heterocycles. The zero-order valence-corrected chi connectivity index (χ0v) is 10.7. The van der Waals surface area contributed by atoms with E-state index in [2.05, 4.69) is 29.3 Å². The van der Waals surface area contributed by atoms with Crippen LogP contribution in [0, 0.1) is 13.8 Å². The molecule has 2 heteroatoms. The van der Waals surface area contributed by atoms with E-state index in [4.69, 9.17) is 0 Å². The first-order valence-electron chi connectivity index (χ1n) is 5.69. The maximum absolute atomic E-state index is 4.24. The zero-order chi connectivity index (χ0) is 11.8. The van der Waals surface area contributed by atoms with Gasteiger partial charge in [0, 0.05) is 17.6 Å². The van der Waals surface area contributed by atoms with Gasteiger partial charge in [-0.2, -0.15) is 0 Å². The molecule has 0 bridgehead atoms. The maximum atomic E-state index is 4.24. The number of hydrogen-bond acceptors (Lipinski definition) is 1. The third-order valence-electron chi connectivity index (χ3n) is 1.90. The molecule has 0 aliphatic heterocycles. The van der Waals surface area contributed by atoms with Crippen LogP contribution in [0.5, 0.6) is 0 Å². The fourth-order valence-corrected chi connectivity index (χ4v) is 1.38. The lowest BCUT2D eigenvalue weighted by Crippen LogP contribution is -1.91. The summed E-state index contributed by atoms with van der Waals surface area (Å²) in [7, 11) is 0. The average Bonchev–Trinajstić information content (AvgIpc) is 2.68. The van der Waals surface area contributed by atoms with Crippen molar-refractivity contribution in [1.82, 2.24) is 9.38 Å². The van der Waals surface area contributed by atoms with Gasteiger partial charge >= 0.3 is 0 Å². The fourth-order valence-electron chi connectivity index (χ4n) is 1.38. The number of imidazole rings is 1. The Morgan fingerprint density at radius 1 is 0.933 bits per heavy atom. The van der Waals surface area contributed by atoms with Gasteiger partial charge in [-0.05, 0) is 26.0 Å². The summed E-state index contributed by atoms with van der Waals surface area (Å²) in [5.74, 6) is 0. The third-order valence-corrected chi connectivity index (χ3v) is 1.90. The Morgan fingerprint density at radius 2 is 1.53 bits per heavy atom. The van der Waals surface area contributed by atoms with E-state index in [0.29, 0.717) is 0 Å². The Bertz CT molecular complexity index is 388. The number of nitrogens with zero attached hydrogens (tertiary/aromatic N) is 2. The van der Waals surface area contributed by atoms with Gasteiger partial charge in [-0.1, -0.05) is 33.8 Å². The second-order valence-electron chi connectivity index (χ2n) is 2.76. The molecule has 0 saturated carbocycles. The number of aryl methyl sites for hydroxylation is 2. The lowest BCUT2D eigenvalue weighted by Gasteiger charge is -1.99. The van der Waals surface area contributed by atoms with Crippen LogP contribution in [0.1, 0.15) is 39.1 Å². The molecule has 0 radical (unpaired) electrons. The summed E-state index contributed by atoms with van der Waals surface area (Å²) in [4.78, 5) is 4.24. The quantitative estimate of drug-likeness (QED) is 0.636. The topological polar surface area (TPSA) is 17.3 Å². The summed E-state index contributed by atoms with van der Waals surface area (Å²) >= 11 is 0. The van der Waals surface area contributed by atoms with E-state index < -0.39 is 0 Å². The molecule has 2 aromatic heterocycles. The third kappa shape index (κ3) is 3.08. The van der Waals surface area contributed by atoms with E-state index >= 15 is 0 Å². The largest absolute Gasteiger partial charge is 0.302 e. The van der Waals surface area contributed by atoms with Gasteiger partial charge < -0.3 is 4.40 Å². The molecule has 2 nitrogen and oxygen atoms in total. The van der Waals surface area contributed by atoms with Crippen LogP contribution in [0.3, 0.4) is 0 Å². The summed E-state index contributed by atoms with van der Waals surface area (Å²) < 4.78 is 2.14. The minimum Gasteiger partial charge on any atom is -0.302 e. The van der Waals surface area contributed by atoms with Gasteiger partial charge in [-0.3, -0.25) is 0 Å². The minimum atomic E-state index is 1.03. The lowest BCUT2D eigenvalue weighted by molar-refractivity contribution is 1.04. The van der Waals surface area contributed by atoms with Crippen molar-refractivity contribution in [2.45, 2.75) is 41.5 Å². The molecule has 0 atom stereocenters. The number of rotatable bonds is 0. The van der Waals surface area contributed by atoms with Crippen LogP contribution in [0.2, 0.25) is 0 Å². The predicted molar refractivity (Wildman–Crippen MR) is 67.4 cm³/mol. The van der Waals surface area contributed by atoms with Crippen LogP contribution in [0.15, 0.2) is 24.4 Å². The van der Waals surface area contributed by atoms with Crippen LogP contribution in [0.4, 0.5) is 0 Å². The first-order valence-corrected chi connectivity index (χ1v) is 5.69. The van der Waals surface area contributed by atoms with E-state index in [9.17, 15) is 0 Å². The van der Waals surface area contributed by atoms with E-state index in [1.165, 1.54) is 11.4 Å². The second kappa shape index (κ2) is 7.04. The van der Waals surface area contributed by atoms with Gasteiger partial charge in [0.05, 0.1) is 0 Å². The van der Waals surface area contributed by atoms with Gasteiger partial charge in [0.25, 0.3) is 0 Å². The lowest BCUT2D eigenvalue weighted by atomic mass is 10.3. The molecule has 0 N–H and O–H groups in total. The minimum absolute atomic E-state index is 1.03. The molecule has 0 fully saturated rings. The second-order valence-corrected chi connectivity index (χ2v) is 2.76. The van der Waals surface area contributed by atoms with E-state index in [-0.39, 0.29) is 0 Å². The molecular formula is C13H22N2. The molecule has 0 unspecified atom stereocenters. The van der Waals surface area contributed by atoms with Crippen molar-refractivity contribution >= 4 is 5.65 Å². The van der Waals surface area contributed by atoms with E-state index in [0.717, 1.165) is 5.65 Å². The van der Waals surface area contributed by atoms with Crippen LogP contribution < -0.4 is 0 Å². The van der Waals surface area contributed by atoms with Gasteiger partial charge in [0.1, 0.15) is 5.65 Å². The molecule has 0 spiro atoms. The van der Waals surface area contributed by atoms with Crippen molar-refractivity contribution in [1.29, 1.82) is 0 Å². The molecule has 0 aromatic carbocycles. The van der Waals surface area contributed by atoms with Gasteiger partial charge in [-0.25, -0.2) is 4.98 Å². The molecule has 2 heterocycles. The maximum Gasteiger partial charge on any atom is 0.137 e. The number of hydrogen-bond donors (Lipinski definition) is 0. The summed E-state index contributed by atoms with van der Waals surface area (Å²) in [5.41, 5.74) is 3.46. The van der Waals surface area contributed by atoms with Crippen LogP contribution in [0.25, 0.3) is 5.65 Å². The highest BCUT2D eigenvalue weighted by atomic mass is 15.0. The Balaban J connectivity index is 0.000000442. The van der Waals surface area contributed by atoms with Crippen LogP contribution in [-0.2, 0) is 0 Å². The number of aromatic nitrogens is 2. The Hall–Kier alpha value is -1.31. The van der Waals surface area contributed by atoms with Crippen molar-refractivity contribution in [3.8, 4) is 0 Å². The summed E-state index contributed by atoms with van der Waals surface area (Å²) in [6.45, 7) is 12.1. The monoisotopic (exact) mass is 206 g/mol. The Kier molecular flexibility index (Phi) is 6.43. The van der Waals surface area contributed by atoms with Gasteiger partial charge in [-0.15, -0.1) is 0 Å². The Labute approximate surface area is 93.0 Å². The highest BCUT2D eigenvalue weighted by Crippen LogP contribution is 2.08. The molecular weight excluding hydrogens is 184 g/mol. The SMILES string of the molecule is CC.CC.Cc1cccc2ncc(C)n12. The van der Waals surface area contributed by atoms with Crippen LogP contribution in [-0.4, -0.2) is 9.38 Å². The van der Waals surface area contributed by atoms with Crippen LogP contribution >= 0.6 is 0 Å². The van der Waals surface area contributed by atoms with Crippen molar-refractivity contribution < 1.29 is 0 Å². The summed E-state index contributed by atoms with van der Waals surface area (Å²) in [6, 6.07) is 6.12. The molecule has 0 aliphatic rings. The smallest absolute Gasteiger partial charge is 0.137 e. The summed E-state index contributed by atoms with van der Waals surface area (Å²) in [6.07, 6.45) is 1.89. The molecule has 84 valence electrons. The molecule has 2 rings (SSSR count). The standard InChI is InChI=1S/C9H10N2.2C2H6/c1-7-4-3-5-9-10-6-8(2)11(7)9;2*1-2/h3-6H,1-2H3;2*1-2H3. The Morgan fingerprint density at radius 3 is 2.07 bits per heavy atom. The summed E-state index contributed by atoms with van der Waals surface area (Å²) in [5, 5.41) is 0. The molecule has 2 aromatic rings. The highest BCUT2D eigenvalue weighted by molar-refractivity contribution is 5.41. The first-order chi connectivity index (χ1) is 7.29.